The van der Waals surface area contributed by atoms with Gasteiger partial charge in [0.1, 0.15) is 0 Å². The van der Waals surface area contributed by atoms with Crippen LogP contribution in [0, 0.1) is 5.41 Å². The Hall–Kier alpha value is -1.57. The van der Waals surface area contributed by atoms with E-state index in [9.17, 15) is 0 Å². The topological polar surface area (TPSA) is 45.5 Å². The molecule has 6 heteroatoms. The zero-order valence-electron chi connectivity index (χ0n) is 17.1. The molecule has 0 atom stereocenters. The fourth-order valence-electron chi connectivity index (χ4n) is 3.38. The molecule has 0 saturated carbocycles. The highest BCUT2D eigenvalue weighted by molar-refractivity contribution is 14.0. The van der Waals surface area contributed by atoms with E-state index < -0.39 is 0 Å². The number of hydrogen-bond acceptors (Lipinski definition) is 2. The maximum Gasteiger partial charge on any atom is 0.194 e. The average Bonchev–Trinajstić information content (AvgIpc) is 3.10. The Labute approximate surface area is 180 Å². The van der Waals surface area contributed by atoms with Gasteiger partial charge in [-0.1, -0.05) is 38.1 Å². The third-order valence-electron chi connectivity index (χ3n) is 5.80. The molecule has 0 bridgehead atoms. The Morgan fingerprint density at radius 1 is 1.22 bits per heavy atom. The van der Waals surface area contributed by atoms with Crippen molar-refractivity contribution in [2.24, 2.45) is 10.4 Å². The van der Waals surface area contributed by atoms with E-state index >= 15 is 0 Å². The van der Waals surface area contributed by atoms with Gasteiger partial charge in [-0.15, -0.1) is 24.0 Å². The highest BCUT2D eigenvalue weighted by atomic mass is 127. The number of imidazole rings is 1. The number of aromatic nitrogens is 2. The van der Waals surface area contributed by atoms with Crippen molar-refractivity contribution in [3.05, 3.63) is 54.1 Å². The molecule has 148 valence electrons. The van der Waals surface area contributed by atoms with Gasteiger partial charge in [0.25, 0.3) is 0 Å². The quantitative estimate of drug-likeness (QED) is 0.397. The Morgan fingerprint density at radius 3 is 2.56 bits per heavy atom. The minimum absolute atomic E-state index is 0. The monoisotopic (exact) mass is 481 g/mol. The molecule has 0 aliphatic carbocycles. The minimum Gasteiger partial charge on any atom is -0.356 e. The molecule has 3 rings (SSSR count). The molecule has 0 spiro atoms. The number of hydrogen-bond donors (Lipinski definition) is 1. The predicted octanol–water partition coefficient (Wildman–Crippen LogP) is 4.14. The number of halogens is 1. The van der Waals surface area contributed by atoms with Crippen LogP contribution in [0.4, 0.5) is 0 Å². The Kier molecular flexibility index (Phi) is 6.94. The number of nitrogens with zero attached hydrogens (tertiary/aromatic N) is 4. The smallest absolute Gasteiger partial charge is 0.194 e. The molecule has 1 aromatic carbocycles. The lowest BCUT2D eigenvalue weighted by atomic mass is 9.65. The number of aliphatic imine (C=N–C) groups is 1. The van der Waals surface area contributed by atoms with Crippen LogP contribution in [0.25, 0.3) is 0 Å². The van der Waals surface area contributed by atoms with E-state index in [-0.39, 0.29) is 29.5 Å². The van der Waals surface area contributed by atoms with E-state index in [0.29, 0.717) is 12.0 Å². The van der Waals surface area contributed by atoms with Gasteiger partial charge in [0.15, 0.2) is 5.96 Å². The summed E-state index contributed by atoms with van der Waals surface area (Å²) < 4.78 is 2.08. The summed E-state index contributed by atoms with van der Waals surface area (Å²) in [5.74, 6) is 1.01. The summed E-state index contributed by atoms with van der Waals surface area (Å²) in [6.07, 6.45) is 5.65. The molecule has 0 unspecified atom stereocenters. The lowest BCUT2D eigenvalue weighted by molar-refractivity contribution is -0.0667. The zero-order chi connectivity index (χ0) is 18.8. The first-order valence-corrected chi connectivity index (χ1v) is 9.43. The van der Waals surface area contributed by atoms with Crippen molar-refractivity contribution in [1.82, 2.24) is 19.8 Å². The SMILES string of the molecule is CCNC(=NCc1cccc(Cn2ccnc2)c1)N1CC(C)(C)C1(C)C.I. The summed E-state index contributed by atoms with van der Waals surface area (Å²) >= 11 is 0. The lowest BCUT2D eigenvalue weighted by Crippen LogP contribution is -2.72. The van der Waals surface area contributed by atoms with Crippen LogP contribution >= 0.6 is 24.0 Å². The third kappa shape index (κ3) is 4.65. The van der Waals surface area contributed by atoms with Gasteiger partial charge in [0.05, 0.1) is 12.9 Å². The number of likely N-dealkylation sites (tertiary alicyclic amines) is 1. The summed E-state index contributed by atoms with van der Waals surface area (Å²) in [6.45, 7) is 14.8. The number of benzene rings is 1. The molecular weight excluding hydrogens is 449 g/mol. The van der Waals surface area contributed by atoms with E-state index in [4.69, 9.17) is 4.99 Å². The Balaban J connectivity index is 0.00000261. The van der Waals surface area contributed by atoms with E-state index in [0.717, 1.165) is 25.6 Å². The molecular formula is C21H32IN5. The van der Waals surface area contributed by atoms with Crippen molar-refractivity contribution < 1.29 is 0 Å². The average molecular weight is 481 g/mol. The zero-order valence-corrected chi connectivity index (χ0v) is 19.4. The first-order chi connectivity index (χ1) is 12.3. The van der Waals surface area contributed by atoms with Crippen molar-refractivity contribution >= 4 is 29.9 Å². The minimum atomic E-state index is 0. The van der Waals surface area contributed by atoms with Crippen molar-refractivity contribution in [3.8, 4) is 0 Å². The standard InChI is InChI=1S/C21H31N5.HI/c1-6-23-19(26-15-20(2,3)21(26,4)5)24-13-17-8-7-9-18(12-17)14-25-11-10-22-16-25;/h7-12,16H,6,13-15H2,1-5H3,(H,23,24);1H. The van der Waals surface area contributed by atoms with Crippen LogP contribution < -0.4 is 5.32 Å². The van der Waals surface area contributed by atoms with Crippen LogP contribution in [0.5, 0.6) is 0 Å². The first-order valence-electron chi connectivity index (χ1n) is 9.43. The first kappa shape index (κ1) is 21.7. The van der Waals surface area contributed by atoms with Crippen molar-refractivity contribution in [3.63, 3.8) is 0 Å². The van der Waals surface area contributed by atoms with Crippen LogP contribution in [-0.4, -0.2) is 39.0 Å². The van der Waals surface area contributed by atoms with Gasteiger partial charge in [-0.25, -0.2) is 9.98 Å². The highest BCUT2D eigenvalue weighted by Gasteiger charge is 2.53. The molecule has 1 aromatic heterocycles. The van der Waals surface area contributed by atoms with Gasteiger partial charge in [-0.05, 0) is 31.9 Å². The Morgan fingerprint density at radius 2 is 1.96 bits per heavy atom. The second kappa shape index (κ2) is 8.63. The lowest BCUT2D eigenvalue weighted by Gasteiger charge is -2.62. The summed E-state index contributed by atoms with van der Waals surface area (Å²) in [5.41, 5.74) is 2.91. The third-order valence-corrected chi connectivity index (χ3v) is 5.80. The van der Waals surface area contributed by atoms with E-state index in [1.807, 2.05) is 18.7 Å². The van der Waals surface area contributed by atoms with Crippen LogP contribution in [-0.2, 0) is 13.1 Å². The van der Waals surface area contributed by atoms with Gasteiger partial charge < -0.3 is 14.8 Å². The number of nitrogens with one attached hydrogen (secondary N) is 1. The van der Waals surface area contributed by atoms with Crippen molar-refractivity contribution in [2.75, 3.05) is 13.1 Å². The van der Waals surface area contributed by atoms with E-state index in [1.54, 1.807) is 0 Å². The molecule has 1 fully saturated rings. The molecule has 2 heterocycles. The fraction of sp³-hybridized carbons (Fsp3) is 0.524. The van der Waals surface area contributed by atoms with E-state index in [1.165, 1.54) is 11.1 Å². The summed E-state index contributed by atoms with van der Waals surface area (Å²) in [6, 6.07) is 8.65. The molecule has 0 amide bonds. The van der Waals surface area contributed by atoms with Crippen LogP contribution in [0.2, 0.25) is 0 Å². The highest BCUT2D eigenvalue weighted by Crippen LogP contribution is 2.46. The van der Waals surface area contributed by atoms with Crippen LogP contribution in [0.1, 0.15) is 45.7 Å². The normalized spacial score (nSPS) is 17.8. The summed E-state index contributed by atoms with van der Waals surface area (Å²) in [4.78, 5) is 11.4. The maximum atomic E-state index is 4.92. The molecule has 2 aromatic rings. The van der Waals surface area contributed by atoms with Gasteiger partial charge in [-0.3, -0.25) is 0 Å². The van der Waals surface area contributed by atoms with Gasteiger partial charge in [0, 0.05) is 43.0 Å². The summed E-state index contributed by atoms with van der Waals surface area (Å²) in [7, 11) is 0. The van der Waals surface area contributed by atoms with Gasteiger partial charge in [0.2, 0.25) is 0 Å². The van der Waals surface area contributed by atoms with Crippen molar-refractivity contribution in [1.29, 1.82) is 0 Å². The molecule has 0 radical (unpaired) electrons. The number of rotatable bonds is 5. The molecule has 1 N–H and O–H groups in total. The second-order valence-electron chi connectivity index (χ2n) is 8.25. The van der Waals surface area contributed by atoms with Crippen molar-refractivity contribution in [2.45, 2.75) is 53.2 Å². The predicted molar refractivity (Wildman–Crippen MR) is 123 cm³/mol. The van der Waals surface area contributed by atoms with Gasteiger partial charge in [-0.2, -0.15) is 0 Å². The number of guanidine groups is 1. The van der Waals surface area contributed by atoms with Crippen LogP contribution in [0.15, 0.2) is 48.0 Å². The largest absolute Gasteiger partial charge is 0.356 e. The second-order valence-corrected chi connectivity index (χ2v) is 8.25. The summed E-state index contributed by atoms with van der Waals surface area (Å²) in [5, 5.41) is 3.46. The molecule has 1 aliphatic heterocycles. The van der Waals surface area contributed by atoms with Crippen LogP contribution in [0.3, 0.4) is 0 Å². The fourth-order valence-corrected chi connectivity index (χ4v) is 3.38. The Bertz CT molecular complexity index is 765. The van der Waals surface area contributed by atoms with Gasteiger partial charge >= 0.3 is 0 Å². The molecule has 5 nitrogen and oxygen atoms in total. The maximum absolute atomic E-state index is 4.92. The molecule has 1 aliphatic rings. The van der Waals surface area contributed by atoms with E-state index in [2.05, 4.69) is 78.7 Å². The molecule has 1 saturated heterocycles. The molecule has 27 heavy (non-hydrogen) atoms.